The molecule has 0 radical (unpaired) electrons. The zero-order valence-electron chi connectivity index (χ0n) is 19.6. The van der Waals surface area contributed by atoms with Crippen molar-refractivity contribution in [3.8, 4) is 5.69 Å². The van der Waals surface area contributed by atoms with Crippen molar-refractivity contribution in [2.24, 2.45) is 0 Å². The zero-order valence-corrected chi connectivity index (χ0v) is 20.5. The third kappa shape index (κ3) is 4.41. The number of fused-ring (bicyclic) bond motifs is 1. The van der Waals surface area contributed by atoms with Gasteiger partial charge in [-0.1, -0.05) is 0 Å². The van der Waals surface area contributed by atoms with Crippen LogP contribution < -0.4 is 10.3 Å². The molecule has 1 fully saturated rings. The average Bonchev–Trinajstić information content (AvgIpc) is 2.85. The molecule has 1 atom stereocenters. The average molecular weight is 525 g/mol. The van der Waals surface area contributed by atoms with E-state index in [0.717, 1.165) is 24.4 Å². The zero-order chi connectivity index (χ0) is 26.4. The molecule has 36 heavy (non-hydrogen) atoms. The number of carboxylic acid groups (broad SMARTS) is 1. The Labute approximate surface area is 203 Å². The van der Waals surface area contributed by atoms with Crippen molar-refractivity contribution in [1.82, 2.24) is 9.24 Å². The van der Waals surface area contributed by atoms with Crippen LogP contribution in [-0.2, 0) is 13.6 Å². The van der Waals surface area contributed by atoms with Gasteiger partial charge in [0, 0.05) is 63.2 Å². The van der Waals surface area contributed by atoms with Crippen LogP contribution in [0.15, 0.2) is 41.3 Å². The molecule has 2 aromatic carbocycles. The van der Waals surface area contributed by atoms with Gasteiger partial charge in [0.05, 0.1) is 11.2 Å². The highest BCUT2D eigenvalue weighted by atomic mass is 31.2. The van der Waals surface area contributed by atoms with Crippen LogP contribution in [0.25, 0.3) is 16.6 Å². The summed E-state index contributed by atoms with van der Waals surface area (Å²) < 4.78 is 68.5. The molecule has 1 aliphatic heterocycles. The fourth-order valence-electron chi connectivity index (χ4n) is 4.39. The van der Waals surface area contributed by atoms with Gasteiger partial charge in [-0.3, -0.25) is 13.8 Å². The summed E-state index contributed by atoms with van der Waals surface area (Å²) in [6.07, 6.45) is 0.995. The fraction of sp³-hybridized carbons (Fsp3) is 0.304. The van der Waals surface area contributed by atoms with E-state index in [4.69, 9.17) is 9.05 Å². The van der Waals surface area contributed by atoms with E-state index >= 15 is 4.39 Å². The van der Waals surface area contributed by atoms with Gasteiger partial charge in [0.1, 0.15) is 11.4 Å². The Hall–Kier alpha value is -3.18. The number of hydrogen-bond acceptors (Lipinski definition) is 6. The van der Waals surface area contributed by atoms with Gasteiger partial charge >= 0.3 is 13.7 Å². The summed E-state index contributed by atoms with van der Waals surface area (Å²) in [6, 6.07) is 4.84. The predicted octanol–water partition coefficient (Wildman–Crippen LogP) is 4.02. The van der Waals surface area contributed by atoms with E-state index in [1.807, 2.05) is 0 Å². The first-order valence-corrected chi connectivity index (χ1v) is 12.3. The molecule has 4 rings (SSSR count). The van der Waals surface area contributed by atoms with E-state index < -0.39 is 42.2 Å². The number of carboxylic acids is 1. The molecule has 3 aromatic rings. The molecule has 0 amide bonds. The fourth-order valence-corrected chi connectivity index (χ4v) is 5.85. The lowest BCUT2D eigenvalue weighted by Crippen LogP contribution is -2.50. The number of halogens is 3. The second-order valence-corrected chi connectivity index (χ2v) is 10.4. The van der Waals surface area contributed by atoms with Gasteiger partial charge in [-0.2, -0.15) is 0 Å². The number of nitrogens with zero attached hydrogens (tertiary/aromatic N) is 3. The van der Waals surface area contributed by atoms with Gasteiger partial charge in [0.15, 0.2) is 11.6 Å². The van der Waals surface area contributed by atoms with Crippen molar-refractivity contribution in [1.29, 1.82) is 0 Å². The number of rotatable bonds is 6. The minimum Gasteiger partial charge on any atom is -0.477 e. The summed E-state index contributed by atoms with van der Waals surface area (Å²) in [5.74, 6) is -4.61. The van der Waals surface area contributed by atoms with E-state index in [1.165, 1.54) is 30.9 Å². The van der Waals surface area contributed by atoms with E-state index in [1.54, 1.807) is 16.5 Å². The Kier molecular flexibility index (Phi) is 6.98. The molecule has 0 aliphatic carbocycles. The Morgan fingerprint density at radius 1 is 1.06 bits per heavy atom. The van der Waals surface area contributed by atoms with Gasteiger partial charge in [-0.25, -0.2) is 27.2 Å². The molecule has 2 heterocycles. The SMILES string of the molecule is COP(=O)(OC)N1CCN(c2cc3c(cc2F)c(=O)c(C(=O)O)cn3-c2ccc(F)c(F)c2)CC1C. The first-order valence-electron chi connectivity index (χ1n) is 10.8. The topological polar surface area (TPSA) is 101 Å². The number of aromatic carboxylic acids is 1. The molecule has 9 nitrogen and oxygen atoms in total. The molecule has 1 N–H and O–H groups in total. The third-order valence-electron chi connectivity index (χ3n) is 6.19. The normalized spacial score (nSPS) is 17.1. The van der Waals surface area contributed by atoms with E-state index in [9.17, 15) is 28.0 Å². The highest BCUT2D eigenvalue weighted by Crippen LogP contribution is 2.52. The number of hydrogen-bond donors (Lipinski definition) is 1. The first kappa shape index (κ1) is 25.9. The molecule has 1 unspecified atom stereocenters. The number of anilines is 1. The van der Waals surface area contributed by atoms with Crippen LogP contribution in [0, 0.1) is 17.5 Å². The number of carbonyl (C=O) groups is 1. The van der Waals surface area contributed by atoms with Crippen LogP contribution >= 0.6 is 7.75 Å². The Bertz CT molecular complexity index is 1460. The second-order valence-electron chi connectivity index (χ2n) is 8.26. The lowest BCUT2D eigenvalue weighted by molar-refractivity contribution is 0.0695. The lowest BCUT2D eigenvalue weighted by atomic mass is 10.1. The Morgan fingerprint density at radius 3 is 2.33 bits per heavy atom. The standard InChI is InChI=1S/C23H23F3N3O6P/c1-13-11-27(6-7-29(13)36(33,34-2)35-3)21-10-20-15(9-19(21)26)22(30)16(23(31)32)12-28(20)14-4-5-17(24)18(25)8-14/h4-5,8-10,12-13H,6-7,11H2,1-3H3,(H,31,32). The number of pyridine rings is 1. The maximum Gasteiger partial charge on any atom is 0.407 e. The molecule has 13 heteroatoms. The van der Waals surface area contributed by atoms with Crippen LogP contribution in [0.5, 0.6) is 0 Å². The molecule has 1 aliphatic rings. The Balaban J connectivity index is 1.86. The summed E-state index contributed by atoms with van der Waals surface area (Å²) in [7, 11) is -0.968. The van der Waals surface area contributed by atoms with E-state index in [0.29, 0.717) is 0 Å². The highest BCUT2D eigenvalue weighted by molar-refractivity contribution is 7.51. The predicted molar refractivity (Wildman–Crippen MR) is 126 cm³/mol. The van der Waals surface area contributed by atoms with Crippen LogP contribution in [0.3, 0.4) is 0 Å². The number of piperazine rings is 1. The third-order valence-corrected chi connectivity index (χ3v) is 8.34. The maximum absolute atomic E-state index is 15.3. The van der Waals surface area contributed by atoms with Gasteiger partial charge in [0.2, 0.25) is 5.43 Å². The summed E-state index contributed by atoms with van der Waals surface area (Å²) in [5, 5.41) is 9.25. The Morgan fingerprint density at radius 2 is 1.75 bits per heavy atom. The minimum absolute atomic E-state index is 0.0401. The van der Waals surface area contributed by atoms with Crippen molar-refractivity contribution in [2.45, 2.75) is 13.0 Å². The molecule has 0 bridgehead atoms. The molecule has 0 saturated carbocycles. The molecular weight excluding hydrogens is 502 g/mol. The van der Waals surface area contributed by atoms with Gasteiger partial charge in [-0.05, 0) is 31.2 Å². The molecule has 1 saturated heterocycles. The number of aromatic nitrogens is 1. The quantitative estimate of drug-likeness (QED) is 0.482. The number of benzene rings is 2. The molecule has 0 spiro atoms. The van der Waals surface area contributed by atoms with Crippen molar-refractivity contribution in [3.63, 3.8) is 0 Å². The molecule has 192 valence electrons. The van der Waals surface area contributed by atoms with Crippen molar-refractivity contribution < 1.29 is 36.7 Å². The smallest absolute Gasteiger partial charge is 0.407 e. The van der Waals surface area contributed by atoms with Gasteiger partial charge < -0.3 is 14.6 Å². The van der Waals surface area contributed by atoms with Crippen LogP contribution in [0.4, 0.5) is 18.9 Å². The van der Waals surface area contributed by atoms with Crippen LogP contribution in [0.2, 0.25) is 0 Å². The van der Waals surface area contributed by atoms with E-state index in [-0.39, 0.29) is 48.0 Å². The van der Waals surface area contributed by atoms with Crippen molar-refractivity contribution in [3.05, 3.63) is 69.8 Å². The summed E-state index contributed by atoms with van der Waals surface area (Å²) >= 11 is 0. The first-order chi connectivity index (χ1) is 17.0. The van der Waals surface area contributed by atoms with Gasteiger partial charge in [-0.15, -0.1) is 0 Å². The highest BCUT2D eigenvalue weighted by Gasteiger charge is 2.39. The van der Waals surface area contributed by atoms with E-state index in [2.05, 4.69) is 0 Å². The second kappa shape index (κ2) is 9.70. The lowest BCUT2D eigenvalue weighted by Gasteiger charge is -2.42. The van der Waals surface area contributed by atoms with Crippen molar-refractivity contribution in [2.75, 3.05) is 38.8 Å². The van der Waals surface area contributed by atoms with Gasteiger partial charge in [0.25, 0.3) is 0 Å². The molecule has 1 aromatic heterocycles. The van der Waals surface area contributed by atoms with Crippen molar-refractivity contribution >= 4 is 30.3 Å². The minimum atomic E-state index is -3.51. The maximum atomic E-state index is 15.3. The summed E-state index contributed by atoms with van der Waals surface area (Å²) in [5.41, 5.74) is -1.34. The van der Waals surface area contributed by atoms with Crippen LogP contribution in [0.1, 0.15) is 17.3 Å². The van der Waals surface area contributed by atoms with Crippen LogP contribution in [-0.4, -0.2) is 60.2 Å². The largest absolute Gasteiger partial charge is 0.477 e. The molecular formula is C23H23F3N3O6P. The monoisotopic (exact) mass is 525 g/mol. The summed E-state index contributed by atoms with van der Waals surface area (Å²) in [4.78, 5) is 26.2. The summed E-state index contributed by atoms with van der Waals surface area (Å²) in [6.45, 7) is 2.44.